The maximum absolute atomic E-state index is 12.3. The maximum Gasteiger partial charge on any atom is 0.573 e. The Labute approximate surface area is 276 Å². The van der Waals surface area contributed by atoms with Crippen LogP contribution in [0, 0.1) is 0 Å². The zero-order valence-corrected chi connectivity index (χ0v) is 26.6. The Morgan fingerprint density at radius 1 is 1.04 bits per heavy atom. The van der Waals surface area contributed by atoms with E-state index in [1.165, 1.54) is 31.8 Å². The third kappa shape index (κ3) is 12.6. The molecule has 0 fully saturated rings. The van der Waals surface area contributed by atoms with Crippen molar-refractivity contribution in [3.63, 3.8) is 0 Å². The molecule has 0 amide bonds. The minimum atomic E-state index is -4.78. The Balaban J connectivity index is 1.66. The van der Waals surface area contributed by atoms with Gasteiger partial charge in [-0.25, -0.2) is 19.8 Å². The van der Waals surface area contributed by atoms with Gasteiger partial charge in [-0.15, -0.1) is 13.2 Å². The Kier molecular flexibility index (Phi) is 14.1. The highest BCUT2D eigenvalue weighted by atomic mass is 35.5. The van der Waals surface area contributed by atoms with E-state index in [0.29, 0.717) is 29.2 Å². The van der Waals surface area contributed by atoms with Crippen molar-refractivity contribution in [1.82, 2.24) is 5.43 Å². The van der Waals surface area contributed by atoms with Crippen LogP contribution < -0.4 is 20.6 Å². The van der Waals surface area contributed by atoms with E-state index in [0.717, 1.165) is 23.9 Å². The number of hydrogen-bond donors (Lipinski definition) is 2. The number of benzene rings is 3. The van der Waals surface area contributed by atoms with E-state index in [1.807, 2.05) is 0 Å². The van der Waals surface area contributed by atoms with E-state index in [2.05, 4.69) is 30.2 Å². The van der Waals surface area contributed by atoms with Crippen molar-refractivity contribution in [2.24, 2.45) is 25.8 Å². The first-order valence-electron chi connectivity index (χ1n) is 13.1. The summed E-state index contributed by atoms with van der Waals surface area (Å²) in [4.78, 5) is 24.4. The number of ether oxygens (including phenoxy) is 4. The van der Waals surface area contributed by atoms with Gasteiger partial charge in [0.15, 0.2) is 5.17 Å². The van der Waals surface area contributed by atoms with Crippen LogP contribution in [0.15, 0.2) is 80.7 Å². The fraction of sp³-hybridized carbons (Fsp3) is 0.207. The molecule has 3 aromatic carbocycles. The first kappa shape index (κ1) is 36.2. The van der Waals surface area contributed by atoms with Crippen molar-refractivity contribution in [1.29, 1.82) is 0 Å². The molecule has 0 heterocycles. The monoisotopic (exact) mass is 698 g/mol. The van der Waals surface area contributed by atoms with Crippen molar-refractivity contribution >= 4 is 75.9 Å². The van der Waals surface area contributed by atoms with E-state index < -0.39 is 12.3 Å². The number of halogens is 5. The second kappa shape index (κ2) is 18.0. The van der Waals surface area contributed by atoms with Gasteiger partial charge in [-0.05, 0) is 48.5 Å². The second-order valence-corrected chi connectivity index (χ2v) is 10.3. The zero-order valence-electron chi connectivity index (χ0n) is 24.3. The summed E-state index contributed by atoms with van der Waals surface area (Å²) < 4.78 is 56.1. The summed E-state index contributed by atoms with van der Waals surface area (Å²) in [5, 5.41) is 4.89. The minimum Gasteiger partial charge on any atom is -0.497 e. The highest BCUT2D eigenvalue weighted by Crippen LogP contribution is 2.37. The summed E-state index contributed by atoms with van der Waals surface area (Å²) in [6.45, 7) is 1.96. The number of nitrogens with zero attached hydrogens (tertiary/aromatic N) is 4. The van der Waals surface area contributed by atoms with Crippen LogP contribution in [0.25, 0.3) is 0 Å². The third-order valence-corrected chi connectivity index (χ3v) is 6.60. The van der Waals surface area contributed by atoms with Crippen molar-refractivity contribution in [3.8, 4) is 11.5 Å². The summed E-state index contributed by atoms with van der Waals surface area (Å²) in [5.74, 6) is -0.387. The smallest absolute Gasteiger partial charge is 0.497 e. The summed E-state index contributed by atoms with van der Waals surface area (Å²) in [7, 11) is 1.48. The predicted octanol–water partition coefficient (Wildman–Crippen LogP) is 6.85. The average Bonchev–Trinajstić information content (AvgIpc) is 3.01. The SMILES string of the molecule is CCOCC(=O)OCSC(=Nc1c(Cl)cc(OC)cc1Cl)N/N=C/c1ccc(C(N)=NC=Nc2ccc(OC(F)(F)F)cc2)cc1. The molecular formula is C29H27Cl2F3N6O5S. The first-order chi connectivity index (χ1) is 22.0. The lowest BCUT2D eigenvalue weighted by atomic mass is 10.1. The summed E-state index contributed by atoms with van der Waals surface area (Å²) >= 11 is 13.7. The first-order valence-corrected chi connectivity index (χ1v) is 14.8. The third-order valence-electron chi connectivity index (χ3n) is 5.33. The number of alkyl halides is 3. The molecule has 0 aliphatic heterocycles. The van der Waals surface area contributed by atoms with Crippen LogP contribution in [-0.2, 0) is 14.3 Å². The number of esters is 1. The van der Waals surface area contributed by atoms with Gasteiger partial charge in [0.05, 0.1) is 29.1 Å². The van der Waals surface area contributed by atoms with Crippen LogP contribution in [0.4, 0.5) is 24.5 Å². The van der Waals surface area contributed by atoms with Crippen LogP contribution >= 0.6 is 35.0 Å². The highest BCUT2D eigenvalue weighted by Gasteiger charge is 2.30. The molecule has 0 aliphatic carbocycles. The number of aliphatic imine (C=N–C) groups is 3. The molecule has 0 radical (unpaired) electrons. The number of methoxy groups -OCH3 is 1. The van der Waals surface area contributed by atoms with Crippen LogP contribution in [0.5, 0.6) is 11.5 Å². The van der Waals surface area contributed by atoms with Gasteiger partial charge in [-0.2, -0.15) is 5.10 Å². The molecule has 3 N–H and O–H groups in total. The number of thioether (sulfide) groups is 1. The largest absolute Gasteiger partial charge is 0.573 e. The van der Waals surface area contributed by atoms with Crippen molar-refractivity contribution in [2.75, 3.05) is 26.3 Å². The van der Waals surface area contributed by atoms with Crippen molar-refractivity contribution in [2.45, 2.75) is 13.3 Å². The summed E-state index contributed by atoms with van der Waals surface area (Å²) in [6, 6.07) is 14.9. The van der Waals surface area contributed by atoms with E-state index in [1.54, 1.807) is 43.3 Å². The predicted molar refractivity (Wildman–Crippen MR) is 174 cm³/mol. The molecule has 17 heteroatoms. The summed E-state index contributed by atoms with van der Waals surface area (Å²) in [6.07, 6.45) is -2.08. The van der Waals surface area contributed by atoms with Gasteiger partial charge in [-0.1, -0.05) is 47.5 Å². The topological polar surface area (TPSA) is 141 Å². The van der Waals surface area contributed by atoms with Crippen molar-refractivity contribution < 1.29 is 36.9 Å². The fourth-order valence-corrected chi connectivity index (χ4v) is 4.33. The quantitative estimate of drug-likeness (QED) is 0.0649. The van der Waals surface area contributed by atoms with E-state index >= 15 is 0 Å². The molecular weight excluding hydrogens is 672 g/mol. The van der Waals surface area contributed by atoms with Gasteiger partial charge in [0.2, 0.25) is 0 Å². The van der Waals surface area contributed by atoms with E-state index in [-0.39, 0.29) is 45.0 Å². The normalized spacial score (nSPS) is 12.5. The number of nitrogens with two attached hydrogens (primary N) is 1. The molecule has 244 valence electrons. The Hall–Kier alpha value is -4.31. The molecule has 3 rings (SSSR count). The zero-order chi connectivity index (χ0) is 33.5. The van der Waals surface area contributed by atoms with Gasteiger partial charge in [0.1, 0.15) is 41.9 Å². The lowest BCUT2D eigenvalue weighted by Gasteiger charge is -2.10. The molecule has 0 aromatic heterocycles. The molecule has 0 atom stereocenters. The molecule has 0 unspecified atom stereocenters. The minimum absolute atomic E-state index is 0.0902. The molecule has 3 aromatic rings. The number of rotatable bonds is 13. The Bertz CT molecular complexity index is 1560. The molecule has 11 nitrogen and oxygen atoms in total. The molecule has 0 saturated heterocycles. The molecule has 0 spiro atoms. The molecule has 0 bridgehead atoms. The van der Waals surface area contributed by atoms with E-state index in [9.17, 15) is 18.0 Å². The number of hydrazone groups is 1. The highest BCUT2D eigenvalue weighted by molar-refractivity contribution is 8.13. The van der Waals surface area contributed by atoms with Crippen molar-refractivity contribution in [3.05, 3.63) is 81.8 Å². The Morgan fingerprint density at radius 3 is 2.33 bits per heavy atom. The van der Waals surface area contributed by atoms with Crippen LogP contribution in [0.1, 0.15) is 18.1 Å². The summed E-state index contributed by atoms with van der Waals surface area (Å²) in [5.41, 5.74) is 10.7. The number of amidine groups is 2. The average molecular weight is 700 g/mol. The van der Waals surface area contributed by atoms with E-state index in [4.69, 9.17) is 43.1 Å². The maximum atomic E-state index is 12.3. The standard InChI is InChI=1S/C29H27Cl2F3N6O5S/c1-3-43-15-25(41)44-17-46-28(39-26-23(30)12-22(42-2)13-24(26)31)40-38-14-18-4-6-19(7-5-18)27(35)37-16-36-20-8-10-21(11-9-20)45-29(32,33)34/h4-14,16H,3,15,17H2,1-2H3,(H,39,40)(H2,35,36,37)/b38-14+. The lowest BCUT2D eigenvalue weighted by molar-refractivity contribution is -0.274. The molecule has 46 heavy (non-hydrogen) atoms. The Morgan fingerprint density at radius 2 is 1.72 bits per heavy atom. The van der Waals surface area contributed by atoms with Gasteiger partial charge in [-0.3, -0.25) is 5.43 Å². The molecule has 0 saturated carbocycles. The van der Waals surface area contributed by atoms with Gasteiger partial charge >= 0.3 is 12.3 Å². The number of carbonyl (C=O) groups excluding carboxylic acids is 1. The second-order valence-electron chi connectivity index (χ2n) is 8.56. The van der Waals surface area contributed by atoms with Crippen LogP contribution in [0.2, 0.25) is 10.0 Å². The van der Waals surface area contributed by atoms with Crippen LogP contribution in [0.3, 0.4) is 0 Å². The lowest BCUT2D eigenvalue weighted by Crippen LogP contribution is -2.17. The fourth-order valence-electron chi connectivity index (χ4n) is 3.20. The number of hydrogen-bond acceptors (Lipinski definition) is 9. The number of carbonyl (C=O) groups is 1. The number of nitrogens with one attached hydrogen (secondary N) is 1. The van der Waals surface area contributed by atoms with Crippen LogP contribution in [-0.4, -0.2) is 62.2 Å². The van der Waals surface area contributed by atoms with Gasteiger partial charge < -0.3 is 24.7 Å². The molecule has 0 aliphatic rings. The van der Waals surface area contributed by atoms with Gasteiger partial charge in [0, 0.05) is 24.3 Å². The van der Waals surface area contributed by atoms with Gasteiger partial charge in [0.25, 0.3) is 0 Å².